The maximum atomic E-state index is 9.15. The predicted octanol–water partition coefficient (Wildman–Crippen LogP) is 2.52. The quantitative estimate of drug-likeness (QED) is 0.627. The highest BCUT2D eigenvalue weighted by molar-refractivity contribution is 5.79. The number of rotatable bonds is 7. The predicted molar refractivity (Wildman–Crippen MR) is 84.5 cm³/mol. The Labute approximate surface area is 125 Å². The molecule has 0 aliphatic rings. The van der Waals surface area contributed by atoms with E-state index in [1.807, 2.05) is 59.6 Å². The van der Waals surface area contributed by atoms with Crippen LogP contribution in [-0.4, -0.2) is 36.6 Å². The molecule has 2 aromatic rings. The van der Waals surface area contributed by atoms with Gasteiger partial charge in [0.05, 0.1) is 33.0 Å². The van der Waals surface area contributed by atoms with Gasteiger partial charge in [0.2, 0.25) is 0 Å². The number of methoxy groups -OCH3 is 1. The Bertz CT molecular complexity index is 553. The van der Waals surface area contributed by atoms with E-state index in [0.717, 1.165) is 16.9 Å². The molecule has 0 unspecified atom stereocenters. The van der Waals surface area contributed by atoms with E-state index in [1.165, 1.54) is 0 Å². The Balaban J connectivity index is 2.02. The fourth-order valence-electron chi connectivity index (χ4n) is 1.93. The fraction of sp³-hybridized carbons (Fsp3) is 0.235. The highest BCUT2D eigenvalue weighted by Crippen LogP contribution is 2.10. The van der Waals surface area contributed by atoms with Gasteiger partial charge in [-0.15, -0.1) is 0 Å². The van der Waals surface area contributed by atoms with Crippen molar-refractivity contribution in [1.29, 1.82) is 0 Å². The lowest BCUT2D eigenvalue weighted by atomic mass is 10.2. The summed E-state index contributed by atoms with van der Waals surface area (Å²) >= 11 is 0. The van der Waals surface area contributed by atoms with Gasteiger partial charge < -0.3 is 9.84 Å². The van der Waals surface area contributed by atoms with Crippen molar-refractivity contribution in [2.24, 2.45) is 5.10 Å². The van der Waals surface area contributed by atoms with E-state index >= 15 is 0 Å². The van der Waals surface area contributed by atoms with E-state index in [2.05, 4.69) is 5.10 Å². The first-order valence-electron chi connectivity index (χ1n) is 6.89. The smallest absolute Gasteiger partial charge is 0.118 e. The molecule has 0 fully saturated rings. The van der Waals surface area contributed by atoms with Crippen LogP contribution in [-0.2, 0) is 6.54 Å². The molecule has 2 rings (SSSR count). The number of hydrazone groups is 1. The van der Waals surface area contributed by atoms with Gasteiger partial charge in [0, 0.05) is 0 Å². The Kier molecular flexibility index (Phi) is 5.79. The normalized spacial score (nSPS) is 10.8. The van der Waals surface area contributed by atoms with Crippen LogP contribution < -0.4 is 4.74 Å². The minimum Gasteiger partial charge on any atom is -0.497 e. The summed E-state index contributed by atoms with van der Waals surface area (Å²) in [6, 6.07) is 17.8. The van der Waals surface area contributed by atoms with E-state index in [9.17, 15) is 0 Å². The maximum absolute atomic E-state index is 9.15. The second-order valence-corrected chi connectivity index (χ2v) is 4.62. The summed E-state index contributed by atoms with van der Waals surface area (Å²) in [6.07, 6.45) is 1.79. The minimum absolute atomic E-state index is 0.0762. The summed E-state index contributed by atoms with van der Waals surface area (Å²) in [5.74, 6) is 0.823. The number of aliphatic hydroxyl groups is 1. The van der Waals surface area contributed by atoms with Crippen molar-refractivity contribution in [3.63, 3.8) is 0 Å². The second kappa shape index (κ2) is 8.07. The summed E-state index contributed by atoms with van der Waals surface area (Å²) in [7, 11) is 1.64. The van der Waals surface area contributed by atoms with Gasteiger partial charge in [-0.3, -0.25) is 5.01 Å². The summed E-state index contributed by atoms with van der Waals surface area (Å²) in [5, 5.41) is 15.4. The van der Waals surface area contributed by atoms with Gasteiger partial charge in [0.25, 0.3) is 0 Å². The summed E-state index contributed by atoms with van der Waals surface area (Å²) in [6.45, 7) is 1.25. The summed E-state index contributed by atoms with van der Waals surface area (Å²) in [4.78, 5) is 0. The van der Waals surface area contributed by atoms with Crippen LogP contribution in [0.5, 0.6) is 5.75 Å². The van der Waals surface area contributed by atoms with Crippen LogP contribution in [0.4, 0.5) is 0 Å². The van der Waals surface area contributed by atoms with E-state index < -0.39 is 0 Å². The molecule has 21 heavy (non-hydrogen) atoms. The van der Waals surface area contributed by atoms with E-state index in [1.54, 1.807) is 13.3 Å². The van der Waals surface area contributed by atoms with Crippen molar-refractivity contribution >= 4 is 6.21 Å². The molecule has 0 amide bonds. The van der Waals surface area contributed by atoms with Crippen molar-refractivity contribution in [3.05, 3.63) is 65.7 Å². The molecule has 0 aromatic heterocycles. The SMILES string of the molecule is COc1ccc(/C=N\N(CCO)Cc2ccccc2)cc1. The Hall–Kier alpha value is -2.33. The van der Waals surface area contributed by atoms with Crippen molar-refractivity contribution in [3.8, 4) is 5.75 Å². The third-order valence-electron chi connectivity index (χ3n) is 3.05. The molecular formula is C17H20N2O2. The minimum atomic E-state index is 0.0762. The number of nitrogens with zero attached hydrogens (tertiary/aromatic N) is 2. The molecule has 4 heteroatoms. The van der Waals surface area contributed by atoms with Gasteiger partial charge >= 0.3 is 0 Å². The third kappa shape index (κ3) is 4.93. The number of hydrogen-bond acceptors (Lipinski definition) is 4. The zero-order chi connectivity index (χ0) is 14.9. The Morgan fingerprint density at radius 2 is 1.81 bits per heavy atom. The molecule has 0 atom stereocenters. The average Bonchev–Trinajstić information content (AvgIpc) is 2.54. The molecule has 0 heterocycles. The molecule has 0 radical (unpaired) electrons. The highest BCUT2D eigenvalue weighted by atomic mass is 16.5. The summed E-state index contributed by atoms with van der Waals surface area (Å²) < 4.78 is 5.12. The first-order valence-corrected chi connectivity index (χ1v) is 6.89. The van der Waals surface area contributed by atoms with E-state index in [4.69, 9.17) is 9.84 Å². The number of benzene rings is 2. The molecule has 0 saturated carbocycles. The van der Waals surface area contributed by atoms with Gasteiger partial charge in [-0.05, 0) is 35.4 Å². The maximum Gasteiger partial charge on any atom is 0.118 e. The Morgan fingerprint density at radius 3 is 2.43 bits per heavy atom. The molecule has 2 aromatic carbocycles. The van der Waals surface area contributed by atoms with Crippen LogP contribution in [0, 0.1) is 0 Å². The van der Waals surface area contributed by atoms with Gasteiger partial charge in [0.15, 0.2) is 0 Å². The largest absolute Gasteiger partial charge is 0.497 e. The van der Waals surface area contributed by atoms with Gasteiger partial charge in [0.1, 0.15) is 5.75 Å². The third-order valence-corrected chi connectivity index (χ3v) is 3.05. The van der Waals surface area contributed by atoms with Crippen molar-refractivity contribution in [2.75, 3.05) is 20.3 Å². The molecule has 1 N–H and O–H groups in total. The van der Waals surface area contributed by atoms with Crippen LogP contribution in [0.2, 0.25) is 0 Å². The van der Waals surface area contributed by atoms with Crippen LogP contribution in [0.1, 0.15) is 11.1 Å². The average molecular weight is 284 g/mol. The molecule has 4 nitrogen and oxygen atoms in total. The highest BCUT2D eigenvalue weighted by Gasteiger charge is 2.01. The zero-order valence-corrected chi connectivity index (χ0v) is 12.1. The van der Waals surface area contributed by atoms with E-state index in [-0.39, 0.29) is 6.61 Å². The monoisotopic (exact) mass is 284 g/mol. The number of hydrogen-bond donors (Lipinski definition) is 1. The topological polar surface area (TPSA) is 45.1 Å². The lowest BCUT2D eigenvalue weighted by Gasteiger charge is -2.17. The van der Waals surface area contributed by atoms with Crippen LogP contribution in [0.15, 0.2) is 59.7 Å². The van der Waals surface area contributed by atoms with Crippen molar-refractivity contribution in [2.45, 2.75) is 6.54 Å². The van der Waals surface area contributed by atoms with Crippen LogP contribution >= 0.6 is 0 Å². The van der Waals surface area contributed by atoms with Gasteiger partial charge in [-0.1, -0.05) is 30.3 Å². The molecule has 0 spiro atoms. The lowest BCUT2D eigenvalue weighted by Crippen LogP contribution is -2.21. The summed E-state index contributed by atoms with van der Waals surface area (Å²) in [5.41, 5.74) is 2.16. The first-order chi connectivity index (χ1) is 10.3. The van der Waals surface area contributed by atoms with Crippen LogP contribution in [0.3, 0.4) is 0 Å². The van der Waals surface area contributed by atoms with Gasteiger partial charge in [-0.25, -0.2) is 0 Å². The standard InChI is InChI=1S/C17H20N2O2/c1-21-17-9-7-15(8-10-17)13-18-19(11-12-20)14-16-5-3-2-4-6-16/h2-10,13,20H,11-12,14H2,1H3/b18-13-. The van der Waals surface area contributed by atoms with Crippen LogP contribution in [0.25, 0.3) is 0 Å². The molecule has 0 bridgehead atoms. The van der Waals surface area contributed by atoms with E-state index in [0.29, 0.717) is 13.1 Å². The molecule has 0 saturated heterocycles. The molecule has 0 aliphatic heterocycles. The second-order valence-electron chi connectivity index (χ2n) is 4.62. The van der Waals surface area contributed by atoms with Gasteiger partial charge in [-0.2, -0.15) is 5.10 Å². The zero-order valence-electron chi connectivity index (χ0n) is 12.1. The molecule has 0 aliphatic carbocycles. The molecule has 110 valence electrons. The van der Waals surface area contributed by atoms with Crippen molar-refractivity contribution in [1.82, 2.24) is 5.01 Å². The number of ether oxygens (including phenoxy) is 1. The Morgan fingerprint density at radius 1 is 1.10 bits per heavy atom. The lowest BCUT2D eigenvalue weighted by molar-refractivity contribution is 0.196. The molecular weight excluding hydrogens is 264 g/mol. The number of aliphatic hydroxyl groups excluding tert-OH is 1. The first kappa shape index (κ1) is 15.1. The van der Waals surface area contributed by atoms with Crippen molar-refractivity contribution < 1.29 is 9.84 Å². The fourth-order valence-corrected chi connectivity index (χ4v) is 1.93.